The smallest absolute Gasteiger partial charge is 0.253 e. The molecule has 6 nitrogen and oxygen atoms in total. The minimum Gasteiger partial charge on any atom is -0.373 e. The van der Waals surface area contributed by atoms with Crippen LogP contribution in [0.15, 0.2) is 29.3 Å². The van der Waals surface area contributed by atoms with E-state index in [4.69, 9.17) is 4.74 Å². The van der Waals surface area contributed by atoms with Crippen molar-refractivity contribution in [3.63, 3.8) is 0 Å². The van der Waals surface area contributed by atoms with Gasteiger partial charge in [-0.1, -0.05) is 12.1 Å². The maximum absolute atomic E-state index is 12.1. The van der Waals surface area contributed by atoms with Crippen LogP contribution in [-0.4, -0.2) is 62.7 Å². The number of hydrogen-bond donors (Lipinski definition) is 2. The van der Waals surface area contributed by atoms with Gasteiger partial charge in [-0.15, -0.1) is 0 Å². The van der Waals surface area contributed by atoms with Gasteiger partial charge in [0, 0.05) is 39.4 Å². The van der Waals surface area contributed by atoms with Crippen LogP contribution in [0.4, 0.5) is 0 Å². The Labute approximate surface area is 157 Å². The fourth-order valence-electron chi connectivity index (χ4n) is 2.99. The van der Waals surface area contributed by atoms with E-state index in [1.165, 1.54) is 0 Å². The highest BCUT2D eigenvalue weighted by Gasteiger charge is 2.29. The Morgan fingerprint density at radius 2 is 2.15 bits per heavy atom. The Morgan fingerprint density at radius 3 is 2.81 bits per heavy atom. The van der Waals surface area contributed by atoms with Gasteiger partial charge >= 0.3 is 0 Å². The average Bonchev–Trinajstić information content (AvgIpc) is 3.06. The Kier molecular flexibility index (Phi) is 7.45. The Hall–Kier alpha value is -2.08. The first-order valence-electron chi connectivity index (χ1n) is 9.40. The van der Waals surface area contributed by atoms with Gasteiger partial charge in [-0.25, -0.2) is 0 Å². The zero-order valence-electron chi connectivity index (χ0n) is 16.5. The molecule has 2 rings (SSSR count). The lowest BCUT2D eigenvalue weighted by atomic mass is 10.0. The molecule has 2 N–H and O–H groups in total. The lowest BCUT2D eigenvalue weighted by molar-refractivity contribution is 0.0283. The number of nitrogens with zero attached hydrogens (tertiary/aromatic N) is 2. The normalized spacial score (nSPS) is 20.1. The molecule has 1 amide bonds. The molecule has 6 heteroatoms. The molecule has 1 saturated heterocycles. The Balaban J connectivity index is 1.89. The molecule has 1 unspecified atom stereocenters. The number of aliphatic imine (C=N–C) groups is 1. The third-order valence-electron chi connectivity index (χ3n) is 4.50. The zero-order valence-corrected chi connectivity index (χ0v) is 16.5. The molecule has 1 aliphatic rings. The van der Waals surface area contributed by atoms with E-state index >= 15 is 0 Å². The highest BCUT2D eigenvalue weighted by Crippen LogP contribution is 2.24. The number of carbonyl (C=O) groups excluding carboxylic acids is 1. The lowest BCUT2D eigenvalue weighted by Crippen LogP contribution is -2.40. The summed E-state index contributed by atoms with van der Waals surface area (Å²) in [6.45, 7) is 7.24. The van der Waals surface area contributed by atoms with Crippen molar-refractivity contribution in [2.24, 2.45) is 4.99 Å². The van der Waals surface area contributed by atoms with Gasteiger partial charge in [0.2, 0.25) is 0 Å². The SMILES string of the molecule is CCNC(=NCC1(C)CCCO1)NCCc1cccc(C(=O)N(C)C)c1. The fraction of sp³-hybridized carbons (Fsp3) is 0.600. The van der Waals surface area contributed by atoms with Crippen LogP contribution in [0, 0.1) is 0 Å². The van der Waals surface area contributed by atoms with Crippen molar-refractivity contribution in [3.05, 3.63) is 35.4 Å². The Morgan fingerprint density at radius 1 is 1.35 bits per heavy atom. The van der Waals surface area contributed by atoms with Gasteiger partial charge < -0.3 is 20.3 Å². The lowest BCUT2D eigenvalue weighted by Gasteiger charge is -2.21. The van der Waals surface area contributed by atoms with Crippen molar-refractivity contribution in [2.45, 2.75) is 38.7 Å². The van der Waals surface area contributed by atoms with Gasteiger partial charge in [0.25, 0.3) is 5.91 Å². The van der Waals surface area contributed by atoms with E-state index in [0.717, 1.165) is 56.0 Å². The van der Waals surface area contributed by atoms with Crippen LogP contribution in [-0.2, 0) is 11.2 Å². The molecule has 144 valence electrons. The van der Waals surface area contributed by atoms with Crippen molar-refractivity contribution in [3.8, 4) is 0 Å². The molecule has 1 aromatic rings. The number of benzene rings is 1. The molecule has 26 heavy (non-hydrogen) atoms. The molecule has 0 saturated carbocycles. The maximum Gasteiger partial charge on any atom is 0.253 e. The van der Waals surface area contributed by atoms with Crippen LogP contribution in [0.2, 0.25) is 0 Å². The van der Waals surface area contributed by atoms with Crippen molar-refractivity contribution in [1.82, 2.24) is 15.5 Å². The summed E-state index contributed by atoms with van der Waals surface area (Å²) in [6, 6.07) is 7.80. The standard InChI is InChI=1S/C20H32N4O2/c1-5-21-19(23-15-20(2)11-7-13-26-20)22-12-10-16-8-6-9-17(14-16)18(25)24(3)4/h6,8-9,14H,5,7,10-13,15H2,1-4H3,(H2,21,22,23). The number of rotatable bonds is 7. The van der Waals surface area contributed by atoms with Crippen LogP contribution >= 0.6 is 0 Å². The summed E-state index contributed by atoms with van der Waals surface area (Å²) in [7, 11) is 3.54. The van der Waals surface area contributed by atoms with Crippen molar-refractivity contribution >= 4 is 11.9 Å². The minimum atomic E-state index is -0.136. The molecular formula is C20H32N4O2. The van der Waals surface area contributed by atoms with Gasteiger partial charge in [0.05, 0.1) is 12.1 Å². The van der Waals surface area contributed by atoms with Gasteiger partial charge in [0.15, 0.2) is 5.96 Å². The second kappa shape index (κ2) is 9.57. The monoisotopic (exact) mass is 360 g/mol. The van der Waals surface area contributed by atoms with Crippen LogP contribution in [0.25, 0.3) is 0 Å². The topological polar surface area (TPSA) is 66.0 Å². The van der Waals surface area contributed by atoms with Gasteiger partial charge in [-0.2, -0.15) is 0 Å². The second-order valence-electron chi connectivity index (χ2n) is 7.17. The molecule has 1 aliphatic heterocycles. The zero-order chi connectivity index (χ0) is 19.0. The van der Waals surface area contributed by atoms with Crippen LogP contribution < -0.4 is 10.6 Å². The van der Waals surface area contributed by atoms with Gasteiger partial charge in [-0.3, -0.25) is 9.79 Å². The summed E-state index contributed by atoms with van der Waals surface area (Å²) in [5, 5.41) is 6.65. The molecule has 0 aliphatic carbocycles. The molecule has 1 fully saturated rings. The number of amides is 1. The quantitative estimate of drug-likeness (QED) is 0.577. The van der Waals surface area contributed by atoms with Crippen LogP contribution in [0.3, 0.4) is 0 Å². The predicted molar refractivity (Wildman–Crippen MR) is 106 cm³/mol. The van der Waals surface area contributed by atoms with E-state index in [2.05, 4.69) is 29.5 Å². The summed E-state index contributed by atoms with van der Waals surface area (Å²) in [4.78, 5) is 18.3. The minimum absolute atomic E-state index is 0.0273. The molecule has 0 spiro atoms. The average molecular weight is 361 g/mol. The van der Waals surface area contributed by atoms with Crippen molar-refractivity contribution in [1.29, 1.82) is 0 Å². The molecule has 1 aromatic carbocycles. The summed E-state index contributed by atoms with van der Waals surface area (Å²) >= 11 is 0. The van der Waals surface area contributed by atoms with E-state index in [9.17, 15) is 4.79 Å². The third-order valence-corrected chi connectivity index (χ3v) is 4.50. The highest BCUT2D eigenvalue weighted by molar-refractivity contribution is 5.94. The first-order valence-corrected chi connectivity index (χ1v) is 9.40. The number of ether oxygens (including phenoxy) is 1. The van der Waals surface area contributed by atoms with Crippen molar-refractivity contribution < 1.29 is 9.53 Å². The van der Waals surface area contributed by atoms with E-state index in [1.807, 2.05) is 24.3 Å². The van der Waals surface area contributed by atoms with E-state index in [-0.39, 0.29) is 11.5 Å². The Bertz CT molecular complexity index is 622. The maximum atomic E-state index is 12.1. The summed E-state index contributed by atoms with van der Waals surface area (Å²) in [5.74, 6) is 0.837. The first-order chi connectivity index (χ1) is 12.4. The second-order valence-corrected chi connectivity index (χ2v) is 7.17. The molecule has 1 heterocycles. The first kappa shape index (κ1) is 20.2. The number of carbonyl (C=O) groups is 1. The van der Waals surface area contributed by atoms with Crippen molar-refractivity contribution in [2.75, 3.05) is 40.3 Å². The largest absolute Gasteiger partial charge is 0.373 e. The molecule has 0 aromatic heterocycles. The fourth-order valence-corrected chi connectivity index (χ4v) is 2.99. The number of guanidine groups is 1. The molecule has 0 radical (unpaired) electrons. The van der Waals surface area contributed by atoms with E-state index in [0.29, 0.717) is 6.54 Å². The predicted octanol–water partition coefficient (Wildman–Crippen LogP) is 2.06. The van der Waals surface area contributed by atoms with E-state index in [1.54, 1.807) is 19.0 Å². The van der Waals surface area contributed by atoms with E-state index < -0.39 is 0 Å². The summed E-state index contributed by atoms with van der Waals surface area (Å²) < 4.78 is 5.80. The number of hydrogen-bond acceptors (Lipinski definition) is 3. The van der Waals surface area contributed by atoms with Crippen LogP contribution in [0.1, 0.15) is 42.6 Å². The molecular weight excluding hydrogens is 328 g/mol. The third kappa shape index (κ3) is 6.02. The van der Waals surface area contributed by atoms with Gasteiger partial charge in [-0.05, 0) is 50.8 Å². The molecule has 1 atom stereocenters. The highest BCUT2D eigenvalue weighted by atomic mass is 16.5. The number of nitrogens with one attached hydrogen (secondary N) is 2. The van der Waals surface area contributed by atoms with Crippen LogP contribution in [0.5, 0.6) is 0 Å². The molecule has 0 bridgehead atoms. The summed E-state index contributed by atoms with van der Waals surface area (Å²) in [6.07, 6.45) is 2.99. The summed E-state index contributed by atoms with van der Waals surface area (Å²) in [5.41, 5.74) is 1.72. The van der Waals surface area contributed by atoms with Gasteiger partial charge in [0.1, 0.15) is 0 Å².